The molecule has 1 fully saturated rings. The number of thiazole rings is 1. The van der Waals surface area contributed by atoms with Gasteiger partial charge in [-0.3, -0.25) is 4.79 Å². The number of carbonyl (C=O) groups excluding carboxylic acids is 1. The zero-order valence-electron chi connectivity index (χ0n) is 14.1. The van der Waals surface area contributed by atoms with Crippen molar-refractivity contribution < 1.29 is 9.53 Å². The first kappa shape index (κ1) is 17.3. The van der Waals surface area contributed by atoms with Crippen LogP contribution in [0.4, 0.5) is 5.95 Å². The number of hydrogen-bond donors (Lipinski definition) is 2. The van der Waals surface area contributed by atoms with Gasteiger partial charge in [0.2, 0.25) is 5.95 Å². The van der Waals surface area contributed by atoms with E-state index in [9.17, 15) is 4.79 Å². The van der Waals surface area contributed by atoms with Crippen molar-refractivity contribution in [2.75, 3.05) is 12.3 Å². The molecule has 1 saturated heterocycles. The number of nitrogen functional groups attached to an aromatic ring is 1. The molecule has 1 unspecified atom stereocenters. The summed E-state index contributed by atoms with van der Waals surface area (Å²) in [6, 6.07) is 0.0967. The molecule has 1 aliphatic heterocycles. The summed E-state index contributed by atoms with van der Waals surface area (Å²) in [5, 5.41) is 5.30. The van der Waals surface area contributed by atoms with Gasteiger partial charge in [-0.1, -0.05) is 5.92 Å². The van der Waals surface area contributed by atoms with E-state index in [1.165, 1.54) is 11.3 Å². The number of nitrogens with one attached hydrogen (secondary N) is 1. The highest BCUT2D eigenvalue weighted by atomic mass is 32.1. The Labute approximate surface area is 150 Å². The molecular formula is C17H19N5O2S. The smallest absolute Gasteiger partial charge is 0.271 e. The Hall–Kier alpha value is -2.50. The number of aromatic nitrogens is 3. The van der Waals surface area contributed by atoms with Crippen LogP contribution in [0.2, 0.25) is 0 Å². The highest BCUT2D eigenvalue weighted by Gasteiger charge is 2.30. The molecule has 8 heteroatoms. The maximum absolute atomic E-state index is 12.4. The van der Waals surface area contributed by atoms with Gasteiger partial charge in [0.05, 0.1) is 11.2 Å². The molecule has 0 bridgehead atoms. The molecule has 7 nitrogen and oxygen atoms in total. The van der Waals surface area contributed by atoms with Crippen molar-refractivity contribution in [3.05, 3.63) is 34.0 Å². The third-order valence-corrected chi connectivity index (χ3v) is 4.51. The van der Waals surface area contributed by atoms with Gasteiger partial charge in [0.15, 0.2) is 5.01 Å². The zero-order chi connectivity index (χ0) is 17.9. The molecule has 2 aromatic rings. The summed E-state index contributed by atoms with van der Waals surface area (Å²) in [5.41, 5.74) is 6.24. The van der Waals surface area contributed by atoms with Gasteiger partial charge >= 0.3 is 0 Å². The van der Waals surface area contributed by atoms with Crippen LogP contribution in [0.3, 0.4) is 0 Å². The maximum atomic E-state index is 12.4. The van der Waals surface area contributed by atoms with E-state index >= 15 is 0 Å². The summed E-state index contributed by atoms with van der Waals surface area (Å²) in [7, 11) is 0. The Morgan fingerprint density at radius 3 is 2.88 bits per heavy atom. The topological polar surface area (TPSA) is 103 Å². The highest BCUT2D eigenvalue weighted by Crippen LogP contribution is 2.24. The molecular weight excluding hydrogens is 338 g/mol. The molecule has 130 valence electrons. The molecule has 3 rings (SSSR count). The van der Waals surface area contributed by atoms with Crippen molar-refractivity contribution >= 4 is 23.2 Å². The van der Waals surface area contributed by atoms with Gasteiger partial charge in [-0.25, -0.2) is 15.0 Å². The quantitative estimate of drug-likeness (QED) is 0.792. The van der Waals surface area contributed by atoms with Crippen molar-refractivity contribution in [2.45, 2.75) is 38.3 Å². The number of hydrogen-bond acceptors (Lipinski definition) is 7. The van der Waals surface area contributed by atoms with Crippen molar-refractivity contribution in [1.82, 2.24) is 20.3 Å². The number of nitrogens with zero attached hydrogens (tertiary/aromatic N) is 3. The summed E-state index contributed by atoms with van der Waals surface area (Å²) in [6.07, 6.45) is 4.68. The predicted octanol–water partition coefficient (Wildman–Crippen LogP) is 1.60. The van der Waals surface area contributed by atoms with E-state index in [-0.39, 0.29) is 23.5 Å². The number of carbonyl (C=O) groups is 1. The second-order valence-corrected chi connectivity index (χ2v) is 7.25. The van der Waals surface area contributed by atoms with Gasteiger partial charge in [-0.15, -0.1) is 11.3 Å². The van der Waals surface area contributed by atoms with Gasteiger partial charge in [-0.05, 0) is 32.6 Å². The largest absolute Gasteiger partial charge is 0.375 e. The normalized spacial score (nSPS) is 18.9. The van der Waals surface area contributed by atoms with Gasteiger partial charge in [0, 0.05) is 30.4 Å². The average molecular weight is 357 g/mol. The van der Waals surface area contributed by atoms with E-state index in [1.807, 2.05) is 13.8 Å². The van der Waals surface area contributed by atoms with E-state index in [4.69, 9.17) is 10.5 Å². The Morgan fingerprint density at radius 2 is 2.16 bits per heavy atom. The number of nitrogens with two attached hydrogens (primary N) is 1. The SMILES string of the molecule is CC1(C)CC(NC(=O)c2csc(C#Cc3cnc(N)nc3)n2)CCO1. The first-order valence-electron chi connectivity index (χ1n) is 7.91. The Morgan fingerprint density at radius 1 is 1.40 bits per heavy atom. The maximum Gasteiger partial charge on any atom is 0.271 e. The summed E-state index contributed by atoms with van der Waals surface area (Å²) >= 11 is 1.33. The fourth-order valence-corrected chi connectivity index (χ4v) is 3.22. The van der Waals surface area contributed by atoms with Crippen LogP contribution in [0.1, 0.15) is 47.7 Å². The lowest BCUT2D eigenvalue weighted by molar-refractivity contribution is -0.0615. The molecule has 0 aliphatic carbocycles. The van der Waals surface area contributed by atoms with Crippen molar-refractivity contribution in [2.24, 2.45) is 0 Å². The molecule has 1 amide bonds. The molecule has 25 heavy (non-hydrogen) atoms. The average Bonchev–Trinajstić information content (AvgIpc) is 3.02. The van der Waals surface area contributed by atoms with Crippen LogP contribution >= 0.6 is 11.3 Å². The van der Waals surface area contributed by atoms with Crippen LogP contribution in [0, 0.1) is 11.8 Å². The molecule has 0 radical (unpaired) electrons. The second-order valence-electron chi connectivity index (χ2n) is 6.39. The van der Waals surface area contributed by atoms with E-state index in [0.29, 0.717) is 22.9 Å². The number of ether oxygens (including phenoxy) is 1. The number of amides is 1. The van der Waals surface area contributed by atoms with Crippen LogP contribution in [-0.4, -0.2) is 39.1 Å². The molecule has 0 saturated carbocycles. The summed E-state index contributed by atoms with van der Waals surface area (Å²) in [6.45, 7) is 4.71. The first-order chi connectivity index (χ1) is 11.9. The third kappa shape index (κ3) is 4.75. The zero-order valence-corrected chi connectivity index (χ0v) is 14.9. The first-order valence-corrected chi connectivity index (χ1v) is 8.79. The van der Waals surface area contributed by atoms with Crippen LogP contribution < -0.4 is 11.1 Å². The van der Waals surface area contributed by atoms with Crippen molar-refractivity contribution in [1.29, 1.82) is 0 Å². The lowest BCUT2D eigenvalue weighted by Crippen LogP contribution is -2.45. The van der Waals surface area contributed by atoms with Gasteiger partial charge < -0.3 is 15.8 Å². The minimum atomic E-state index is -0.212. The molecule has 0 aromatic carbocycles. The van der Waals surface area contributed by atoms with Crippen molar-refractivity contribution in [3.63, 3.8) is 0 Å². The standard InChI is InChI=1S/C17H19N5O2S/c1-17(2)7-12(5-6-24-17)21-15(23)13-10-25-14(22-13)4-3-11-8-19-16(18)20-9-11/h8-10,12H,5-7H2,1-2H3,(H,21,23)(H2,18,19,20). The monoisotopic (exact) mass is 357 g/mol. The Bertz CT molecular complexity index is 820. The fourth-order valence-electron chi connectivity index (χ4n) is 2.58. The lowest BCUT2D eigenvalue weighted by atomic mass is 9.94. The van der Waals surface area contributed by atoms with Crippen LogP contribution in [-0.2, 0) is 4.74 Å². The Kier molecular flexibility index (Phi) is 4.97. The van der Waals surface area contributed by atoms with Crippen LogP contribution in [0.15, 0.2) is 17.8 Å². The van der Waals surface area contributed by atoms with E-state index < -0.39 is 0 Å². The molecule has 3 N–H and O–H groups in total. The molecule has 1 aliphatic rings. The minimum absolute atomic E-state index is 0.0967. The molecule has 1 atom stereocenters. The molecule has 0 spiro atoms. The van der Waals surface area contributed by atoms with Gasteiger partial charge in [0.25, 0.3) is 5.91 Å². The molecule has 3 heterocycles. The fraction of sp³-hybridized carbons (Fsp3) is 0.412. The minimum Gasteiger partial charge on any atom is -0.375 e. The number of anilines is 1. The Balaban J connectivity index is 1.63. The van der Waals surface area contributed by atoms with E-state index in [1.54, 1.807) is 17.8 Å². The summed E-state index contributed by atoms with van der Waals surface area (Å²) in [5.74, 6) is 5.84. The van der Waals surface area contributed by atoms with Crippen molar-refractivity contribution in [3.8, 4) is 11.8 Å². The van der Waals surface area contributed by atoms with Crippen LogP contribution in [0.25, 0.3) is 0 Å². The van der Waals surface area contributed by atoms with Crippen LogP contribution in [0.5, 0.6) is 0 Å². The number of rotatable bonds is 2. The van der Waals surface area contributed by atoms with Gasteiger partial charge in [0.1, 0.15) is 5.69 Å². The predicted molar refractivity (Wildman–Crippen MR) is 95.1 cm³/mol. The summed E-state index contributed by atoms with van der Waals surface area (Å²) in [4.78, 5) is 24.4. The van der Waals surface area contributed by atoms with E-state index in [0.717, 1.165) is 12.8 Å². The third-order valence-electron chi connectivity index (χ3n) is 3.75. The van der Waals surface area contributed by atoms with Gasteiger partial charge in [-0.2, -0.15) is 0 Å². The van der Waals surface area contributed by atoms with E-state index in [2.05, 4.69) is 32.1 Å². The summed E-state index contributed by atoms with van der Waals surface area (Å²) < 4.78 is 5.67. The highest BCUT2D eigenvalue weighted by molar-refractivity contribution is 7.10. The molecule has 2 aromatic heterocycles. The lowest BCUT2D eigenvalue weighted by Gasteiger charge is -2.35. The second kappa shape index (κ2) is 7.17.